The Morgan fingerprint density at radius 2 is 1.81 bits per heavy atom. The van der Waals surface area contributed by atoms with Gasteiger partial charge in [0.1, 0.15) is 5.69 Å². The highest BCUT2D eigenvalue weighted by Crippen LogP contribution is 2.11. The lowest BCUT2D eigenvalue weighted by molar-refractivity contribution is 0.430. The van der Waals surface area contributed by atoms with Gasteiger partial charge in [0.05, 0.1) is 5.69 Å². The number of rotatable bonds is 6. The van der Waals surface area contributed by atoms with Crippen molar-refractivity contribution in [1.82, 2.24) is 9.36 Å². The van der Waals surface area contributed by atoms with Gasteiger partial charge in [-0.15, -0.1) is 0 Å². The molecular weight excluding hydrogens is 202 g/mol. The van der Waals surface area contributed by atoms with Crippen molar-refractivity contribution < 1.29 is 0 Å². The van der Waals surface area contributed by atoms with E-state index in [0.29, 0.717) is 5.69 Å². The predicted molar refractivity (Wildman–Crippen MR) is 67.7 cm³/mol. The van der Waals surface area contributed by atoms with Crippen LogP contribution in [0.15, 0.2) is 4.79 Å². The molecule has 1 rings (SSSR count). The number of nitrogen functional groups attached to an aromatic ring is 1. The Hall–Kier alpha value is -1.19. The number of unbranched alkanes of at least 4 members (excludes halogenated alkanes) is 1. The summed E-state index contributed by atoms with van der Waals surface area (Å²) in [5.41, 5.74) is 7.32. The first-order valence-electron chi connectivity index (χ1n) is 6.25. The van der Waals surface area contributed by atoms with Crippen molar-refractivity contribution in [2.24, 2.45) is 0 Å². The highest BCUT2D eigenvalue weighted by Gasteiger charge is 2.15. The molecule has 1 aromatic heterocycles. The molecule has 4 heteroatoms. The van der Waals surface area contributed by atoms with Crippen molar-refractivity contribution >= 4 is 5.69 Å². The van der Waals surface area contributed by atoms with Gasteiger partial charge in [-0.05, 0) is 19.8 Å². The lowest BCUT2D eigenvalue weighted by Crippen LogP contribution is -2.24. The number of aromatic nitrogens is 2. The van der Waals surface area contributed by atoms with Crippen LogP contribution in [0.5, 0.6) is 0 Å². The molecule has 92 valence electrons. The summed E-state index contributed by atoms with van der Waals surface area (Å²) in [6.45, 7) is 7.87. The smallest absolute Gasteiger partial charge is 0.290 e. The molecule has 0 aliphatic carbocycles. The Labute approximate surface area is 97.0 Å². The quantitative estimate of drug-likeness (QED) is 0.805. The normalized spacial score (nSPS) is 10.9. The molecule has 0 saturated heterocycles. The molecule has 0 fully saturated rings. The maximum atomic E-state index is 12.0. The van der Waals surface area contributed by atoms with E-state index < -0.39 is 0 Å². The lowest BCUT2D eigenvalue weighted by atomic mass is 10.2. The van der Waals surface area contributed by atoms with E-state index in [2.05, 4.69) is 20.8 Å². The second-order valence-corrected chi connectivity index (χ2v) is 4.11. The molecule has 1 heterocycles. The van der Waals surface area contributed by atoms with Crippen LogP contribution in [-0.2, 0) is 19.5 Å². The second kappa shape index (κ2) is 5.77. The number of nitrogens with two attached hydrogens (primary N) is 1. The summed E-state index contributed by atoms with van der Waals surface area (Å²) in [5, 5.41) is 0. The maximum Gasteiger partial charge on any atom is 0.290 e. The molecule has 0 amide bonds. The van der Waals surface area contributed by atoms with E-state index in [9.17, 15) is 4.79 Å². The Morgan fingerprint density at radius 1 is 1.12 bits per heavy atom. The fourth-order valence-electron chi connectivity index (χ4n) is 2.05. The van der Waals surface area contributed by atoms with E-state index in [0.717, 1.165) is 44.5 Å². The zero-order valence-electron chi connectivity index (χ0n) is 10.6. The molecule has 0 bridgehead atoms. The maximum absolute atomic E-state index is 12.0. The Bertz CT molecular complexity index is 390. The molecular formula is C12H23N3O. The summed E-state index contributed by atoms with van der Waals surface area (Å²) >= 11 is 0. The molecule has 16 heavy (non-hydrogen) atoms. The third-order valence-electron chi connectivity index (χ3n) is 2.89. The lowest BCUT2D eigenvalue weighted by Gasteiger charge is -2.12. The van der Waals surface area contributed by atoms with Gasteiger partial charge in [0.15, 0.2) is 0 Å². The van der Waals surface area contributed by atoms with Gasteiger partial charge < -0.3 is 5.73 Å². The molecule has 4 nitrogen and oxygen atoms in total. The zero-order valence-corrected chi connectivity index (χ0v) is 10.6. The highest BCUT2D eigenvalue weighted by atomic mass is 16.1. The predicted octanol–water partition coefficient (Wildman–Crippen LogP) is 2.00. The third-order valence-corrected chi connectivity index (χ3v) is 2.89. The van der Waals surface area contributed by atoms with Gasteiger partial charge in [-0.1, -0.05) is 26.7 Å². The number of hydrogen-bond acceptors (Lipinski definition) is 2. The van der Waals surface area contributed by atoms with Gasteiger partial charge in [-0.25, -0.2) is 4.68 Å². The van der Waals surface area contributed by atoms with Crippen molar-refractivity contribution in [1.29, 1.82) is 0 Å². The second-order valence-electron chi connectivity index (χ2n) is 4.11. The minimum atomic E-state index is -0.0150. The van der Waals surface area contributed by atoms with Gasteiger partial charge in [0, 0.05) is 13.1 Å². The summed E-state index contributed by atoms with van der Waals surface area (Å²) in [7, 11) is 0. The van der Waals surface area contributed by atoms with Crippen molar-refractivity contribution in [3.8, 4) is 0 Å². The van der Waals surface area contributed by atoms with E-state index in [-0.39, 0.29) is 5.56 Å². The topological polar surface area (TPSA) is 52.9 Å². The van der Waals surface area contributed by atoms with Crippen LogP contribution >= 0.6 is 0 Å². The summed E-state index contributed by atoms with van der Waals surface area (Å²) in [4.78, 5) is 12.0. The van der Waals surface area contributed by atoms with Crippen LogP contribution in [0.2, 0.25) is 0 Å². The van der Waals surface area contributed by atoms with Crippen LogP contribution in [-0.4, -0.2) is 9.36 Å². The standard InChI is InChI=1S/C12H23N3O/c1-4-7-9-15-12(16)11(13)10(8-5-2)14(15)6-3/h4-9,13H2,1-3H3. The van der Waals surface area contributed by atoms with Crippen LogP contribution in [0.25, 0.3) is 0 Å². The SMILES string of the molecule is CCCCn1c(=O)c(N)c(CCC)n1CC. The van der Waals surface area contributed by atoms with Crippen molar-refractivity contribution in [3.63, 3.8) is 0 Å². The molecule has 0 radical (unpaired) electrons. The van der Waals surface area contributed by atoms with Crippen LogP contribution in [0.1, 0.15) is 45.7 Å². The summed E-state index contributed by atoms with van der Waals surface area (Å²) in [5.74, 6) is 0. The zero-order chi connectivity index (χ0) is 12.1. The molecule has 0 aliphatic heterocycles. The van der Waals surface area contributed by atoms with Crippen molar-refractivity contribution in [2.45, 2.75) is 59.5 Å². The van der Waals surface area contributed by atoms with Crippen LogP contribution in [0.3, 0.4) is 0 Å². The number of anilines is 1. The Balaban J connectivity index is 3.15. The molecule has 1 aromatic rings. The monoisotopic (exact) mass is 225 g/mol. The van der Waals surface area contributed by atoms with Crippen LogP contribution in [0, 0.1) is 0 Å². The average molecular weight is 225 g/mol. The van der Waals surface area contributed by atoms with E-state index >= 15 is 0 Å². The number of hydrogen-bond donors (Lipinski definition) is 1. The van der Waals surface area contributed by atoms with Gasteiger partial charge in [0.25, 0.3) is 5.56 Å². The fourth-order valence-corrected chi connectivity index (χ4v) is 2.05. The van der Waals surface area contributed by atoms with E-state index in [1.165, 1.54) is 0 Å². The fraction of sp³-hybridized carbons (Fsp3) is 0.750. The minimum Gasteiger partial charge on any atom is -0.393 e. The van der Waals surface area contributed by atoms with Gasteiger partial charge in [-0.3, -0.25) is 9.48 Å². The first-order valence-corrected chi connectivity index (χ1v) is 6.25. The molecule has 0 atom stereocenters. The summed E-state index contributed by atoms with van der Waals surface area (Å²) in [6, 6.07) is 0. The first kappa shape index (κ1) is 12.9. The van der Waals surface area contributed by atoms with E-state index in [1.54, 1.807) is 4.68 Å². The van der Waals surface area contributed by atoms with E-state index in [4.69, 9.17) is 5.73 Å². The molecule has 0 aromatic carbocycles. The first-order chi connectivity index (χ1) is 7.67. The van der Waals surface area contributed by atoms with Crippen LogP contribution in [0.4, 0.5) is 5.69 Å². The Kier molecular flexibility index (Phi) is 4.65. The van der Waals surface area contributed by atoms with Gasteiger partial charge in [0.2, 0.25) is 0 Å². The van der Waals surface area contributed by atoms with Crippen molar-refractivity contribution in [3.05, 3.63) is 16.0 Å². The van der Waals surface area contributed by atoms with Gasteiger partial charge >= 0.3 is 0 Å². The van der Waals surface area contributed by atoms with E-state index in [1.807, 2.05) is 4.68 Å². The minimum absolute atomic E-state index is 0.0150. The molecule has 0 saturated carbocycles. The van der Waals surface area contributed by atoms with Gasteiger partial charge in [-0.2, -0.15) is 0 Å². The Morgan fingerprint density at radius 3 is 2.31 bits per heavy atom. The van der Waals surface area contributed by atoms with Crippen molar-refractivity contribution in [2.75, 3.05) is 5.73 Å². The summed E-state index contributed by atoms with van der Waals surface area (Å²) < 4.78 is 3.83. The number of nitrogens with zero attached hydrogens (tertiary/aromatic N) is 2. The average Bonchev–Trinajstić information content (AvgIpc) is 2.51. The molecule has 2 N–H and O–H groups in total. The summed E-state index contributed by atoms with van der Waals surface area (Å²) in [6.07, 6.45) is 4.01. The molecule has 0 spiro atoms. The molecule has 0 aliphatic rings. The highest BCUT2D eigenvalue weighted by molar-refractivity contribution is 5.41. The molecule has 0 unspecified atom stereocenters. The third kappa shape index (κ3) is 2.31. The van der Waals surface area contributed by atoms with Crippen LogP contribution < -0.4 is 11.3 Å². The largest absolute Gasteiger partial charge is 0.393 e.